The van der Waals surface area contributed by atoms with Gasteiger partial charge in [0.15, 0.2) is 0 Å². The average molecular weight is 299 g/mol. The molecule has 1 aromatic rings. The SMILES string of the molecule is C=C(C)C1=NC(=O)N(C2CCCCC2)C(c2ccncc2)O1. The molecule has 2 aliphatic rings. The molecule has 2 amide bonds. The van der Waals surface area contributed by atoms with Gasteiger partial charge in [-0.3, -0.25) is 9.88 Å². The minimum Gasteiger partial charge on any atom is -0.449 e. The van der Waals surface area contributed by atoms with Crippen molar-refractivity contribution >= 4 is 11.9 Å². The van der Waals surface area contributed by atoms with Gasteiger partial charge in [-0.05, 0) is 31.9 Å². The normalized spacial score (nSPS) is 23.0. The van der Waals surface area contributed by atoms with Crippen molar-refractivity contribution in [2.75, 3.05) is 0 Å². The van der Waals surface area contributed by atoms with E-state index in [1.54, 1.807) is 24.2 Å². The van der Waals surface area contributed by atoms with E-state index >= 15 is 0 Å². The smallest absolute Gasteiger partial charge is 0.350 e. The van der Waals surface area contributed by atoms with Crippen LogP contribution in [0, 0.1) is 0 Å². The highest BCUT2D eigenvalue weighted by Crippen LogP contribution is 2.34. The summed E-state index contributed by atoms with van der Waals surface area (Å²) >= 11 is 0. The van der Waals surface area contributed by atoms with Gasteiger partial charge in [-0.2, -0.15) is 4.99 Å². The summed E-state index contributed by atoms with van der Waals surface area (Å²) in [6.07, 6.45) is 8.54. The summed E-state index contributed by atoms with van der Waals surface area (Å²) in [4.78, 5) is 22.5. The zero-order valence-corrected chi connectivity index (χ0v) is 12.9. The lowest BCUT2D eigenvalue weighted by Crippen LogP contribution is -2.47. The number of urea groups is 1. The van der Waals surface area contributed by atoms with Gasteiger partial charge < -0.3 is 4.74 Å². The molecule has 1 aromatic heterocycles. The van der Waals surface area contributed by atoms with Gasteiger partial charge in [-0.25, -0.2) is 4.79 Å². The van der Waals surface area contributed by atoms with E-state index in [0.717, 1.165) is 31.2 Å². The Morgan fingerprint density at radius 2 is 1.95 bits per heavy atom. The van der Waals surface area contributed by atoms with Crippen LogP contribution in [0.5, 0.6) is 0 Å². The molecule has 3 rings (SSSR count). The standard InChI is InChI=1S/C17H21N3O2/c1-12(2)15-19-17(21)20(14-6-4-3-5-7-14)16(22-15)13-8-10-18-11-9-13/h8-11,14,16H,1,3-7H2,2H3. The molecule has 1 aliphatic carbocycles. The predicted octanol–water partition coefficient (Wildman–Crippen LogP) is 3.84. The van der Waals surface area contributed by atoms with Gasteiger partial charge in [-0.1, -0.05) is 25.8 Å². The number of pyridine rings is 1. The van der Waals surface area contributed by atoms with E-state index in [4.69, 9.17) is 4.74 Å². The molecule has 0 saturated heterocycles. The number of rotatable bonds is 3. The van der Waals surface area contributed by atoms with Crippen molar-refractivity contribution in [1.29, 1.82) is 0 Å². The van der Waals surface area contributed by atoms with Crippen LogP contribution in [0.2, 0.25) is 0 Å². The first-order valence-electron chi connectivity index (χ1n) is 7.80. The van der Waals surface area contributed by atoms with E-state index in [1.165, 1.54) is 6.42 Å². The Labute approximate surface area is 130 Å². The van der Waals surface area contributed by atoms with Crippen LogP contribution in [0.3, 0.4) is 0 Å². The lowest BCUT2D eigenvalue weighted by atomic mass is 9.93. The fourth-order valence-electron chi connectivity index (χ4n) is 3.09. The molecule has 1 unspecified atom stereocenters. The third-order valence-electron chi connectivity index (χ3n) is 4.22. The maximum Gasteiger partial charge on any atom is 0.350 e. The number of ether oxygens (including phenoxy) is 1. The third-order valence-corrected chi connectivity index (χ3v) is 4.22. The molecular formula is C17H21N3O2. The molecule has 1 aliphatic heterocycles. The van der Waals surface area contributed by atoms with Gasteiger partial charge in [0.2, 0.25) is 12.1 Å². The van der Waals surface area contributed by atoms with Crippen LogP contribution in [0.25, 0.3) is 0 Å². The Balaban J connectivity index is 1.95. The van der Waals surface area contributed by atoms with E-state index in [9.17, 15) is 4.79 Å². The Bertz CT molecular complexity index is 591. The molecule has 0 radical (unpaired) electrons. The predicted molar refractivity (Wildman–Crippen MR) is 84.4 cm³/mol. The molecule has 2 heterocycles. The van der Waals surface area contributed by atoms with Gasteiger partial charge in [-0.15, -0.1) is 0 Å². The van der Waals surface area contributed by atoms with Gasteiger partial charge in [0.25, 0.3) is 0 Å². The lowest BCUT2D eigenvalue weighted by Gasteiger charge is -2.41. The first-order chi connectivity index (χ1) is 10.7. The molecule has 1 saturated carbocycles. The van der Waals surface area contributed by atoms with Crippen molar-refractivity contribution in [2.45, 2.75) is 51.3 Å². The van der Waals surface area contributed by atoms with E-state index in [1.807, 2.05) is 12.1 Å². The number of aliphatic imine (C=N–C) groups is 1. The summed E-state index contributed by atoms with van der Waals surface area (Å²) < 4.78 is 6.00. The average Bonchev–Trinajstić information content (AvgIpc) is 2.55. The summed E-state index contributed by atoms with van der Waals surface area (Å²) in [5.74, 6) is 0.332. The summed E-state index contributed by atoms with van der Waals surface area (Å²) in [5, 5.41) is 0. The molecule has 0 aromatic carbocycles. The Kier molecular flexibility index (Phi) is 4.22. The molecular weight excluding hydrogens is 278 g/mol. The minimum absolute atomic E-state index is 0.190. The zero-order chi connectivity index (χ0) is 15.5. The molecule has 0 spiro atoms. The second-order valence-corrected chi connectivity index (χ2v) is 5.93. The van der Waals surface area contributed by atoms with Crippen molar-refractivity contribution in [3.63, 3.8) is 0 Å². The quantitative estimate of drug-likeness (QED) is 0.852. The van der Waals surface area contributed by atoms with Crippen LogP contribution in [-0.2, 0) is 4.74 Å². The first kappa shape index (κ1) is 14.8. The van der Waals surface area contributed by atoms with Crippen molar-refractivity contribution in [1.82, 2.24) is 9.88 Å². The van der Waals surface area contributed by atoms with Crippen LogP contribution in [-0.4, -0.2) is 27.9 Å². The first-order valence-corrected chi connectivity index (χ1v) is 7.80. The van der Waals surface area contributed by atoms with Gasteiger partial charge in [0.05, 0.1) is 0 Å². The number of hydrogen-bond acceptors (Lipinski definition) is 3. The summed E-state index contributed by atoms with van der Waals surface area (Å²) in [6.45, 7) is 5.64. The van der Waals surface area contributed by atoms with Crippen LogP contribution < -0.4 is 0 Å². The number of nitrogens with zero attached hydrogens (tertiary/aromatic N) is 3. The van der Waals surface area contributed by atoms with Crippen molar-refractivity contribution in [2.24, 2.45) is 4.99 Å². The molecule has 0 N–H and O–H groups in total. The fourth-order valence-corrected chi connectivity index (χ4v) is 3.09. The maximum absolute atomic E-state index is 12.6. The second kappa shape index (κ2) is 6.30. The van der Waals surface area contributed by atoms with E-state index in [2.05, 4.69) is 16.6 Å². The molecule has 5 nitrogen and oxygen atoms in total. The number of aromatic nitrogens is 1. The Morgan fingerprint density at radius 1 is 1.27 bits per heavy atom. The largest absolute Gasteiger partial charge is 0.449 e. The van der Waals surface area contributed by atoms with Gasteiger partial charge in [0.1, 0.15) is 0 Å². The zero-order valence-electron chi connectivity index (χ0n) is 12.9. The molecule has 1 fully saturated rings. The number of carbonyl (C=O) groups is 1. The summed E-state index contributed by atoms with van der Waals surface area (Å²) in [5.41, 5.74) is 1.58. The monoisotopic (exact) mass is 299 g/mol. The van der Waals surface area contributed by atoms with Crippen molar-refractivity contribution in [3.05, 3.63) is 42.2 Å². The fraction of sp³-hybridized carbons (Fsp3) is 0.471. The van der Waals surface area contributed by atoms with Crippen LogP contribution in [0.15, 0.2) is 41.7 Å². The molecule has 5 heteroatoms. The van der Waals surface area contributed by atoms with Gasteiger partial charge >= 0.3 is 6.03 Å². The highest BCUT2D eigenvalue weighted by molar-refractivity contribution is 6.01. The second-order valence-electron chi connectivity index (χ2n) is 5.93. The lowest BCUT2D eigenvalue weighted by molar-refractivity contribution is -0.00189. The maximum atomic E-state index is 12.6. The topological polar surface area (TPSA) is 54.8 Å². The van der Waals surface area contributed by atoms with E-state index in [-0.39, 0.29) is 12.1 Å². The molecule has 0 bridgehead atoms. The van der Waals surface area contributed by atoms with E-state index in [0.29, 0.717) is 11.5 Å². The third kappa shape index (κ3) is 2.89. The van der Waals surface area contributed by atoms with Crippen molar-refractivity contribution < 1.29 is 9.53 Å². The number of amides is 2. The van der Waals surface area contributed by atoms with Gasteiger partial charge in [0, 0.05) is 29.6 Å². The van der Waals surface area contributed by atoms with Crippen molar-refractivity contribution in [3.8, 4) is 0 Å². The van der Waals surface area contributed by atoms with Crippen LogP contribution >= 0.6 is 0 Å². The molecule has 116 valence electrons. The van der Waals surface area contributed by atoms with E-state index < -0.39 is 6.23 Å². The van der Waals surface area contributed by atoms with Crippen LogP contribution in [0.1, 0.15) is 50.8 Å². The summed E-state index contributed by atoms with van der Waals surface area (Å²) in [7, 11) is 0. The number of carbonyl (C=O) groups excluding carboxylic acids is 1. The molecule has 1 atom stereocenters. The minimum atomic E-state index is -0.442. The highest BCUT2D eigenvalue weighted by Gasteiger charge is 2.38. The highest BCUT2D eigenvalue weighted by atomic mass is 16.5. The Morgan fingerprint density at radius 3 is 2.59 bits per heavy atom. The number of hydrogen-bond donors (Lipinski definition) is 0. The molecule has 22 heavy (non-hydrogen) atoms. The van der Waals surface area contributed by atoms with Crippen LogP contribution in [0.4, 0.5) is 4.79 Å². The Hall–Kier alpha value is -2.17. The summed E-state index contributed by atoms with van der Waals surface area (Å²) in [6, 6.07) is 3.73.